The predicted octanol–water partition coefficient (Wildman–Crippen LogP) is 3.47. The highest BCUT2D eigenvalue weighted by molar-refractivity contribution is 5.60. The number of hydrogen-bond acceptors (Lipinski definition) is 2. The summed E-state index contributed by atoms with van der Waals surface area (Å²) >= 11 is 0. The first-order chi connectivity index (χ1) is 8.92. The van der Waals surface area contributed by atoms with E-state index in [0.29, 0.717) is 0 Å². The zero-order chi connectivity index (χ0) is 12.2. The average molecular weight is 237 g/mol. The molecular weight excluding hydrogens is 222 g/mol. The van der Waals surface area contributed by atoms with Gasteiger partial charge in [0.05, 0.1) is 13.1 Å². The van der Waals surface area contributed by atoms with E-state index in [4.69, 9.17) is 4.84 Å². The molecule has 3 rings (SSSR count). The summed E-state index contributed by atoms with van der Waals surface area (Å²) in [5.41, 5.74) is 2.40. The van der Waals surface area contributed by atoms with Gasteiger partial charge in [0, 0.05) is 5.56 Å². The summed E-state index contributed by atoms with van der Waals surface area (Å²) in [5, 5.41) is 1.97. The largest absolute Gasteiger partial charge is 0.405 e. The molecule has 0 saturated carbocycles. The van der Waals surface area contributed by atoms with Gasteiger partial charge in [0.1, 0.15) is 0 Å². The second-order valence-corrected chi connectivity index (χ2v) is 4.33. The molecule has 2 aromatic rings. The first kappa shape index (κ1) is 11.1. The Morgan fingerprint density at radius 3 is 2.28 bits per heavy atom. The molecule has 90 valence electrons. The molecule has 0 amide bonds. The van der Waals surface area contributed by atoms with Gasteiger partial charge in [0.2, 0.25) is 0 Å². The highest BCUT2D eigenvalue weighted by Crippen LogP contribution is 2.23. The molecule has 2 heteroatoms. The molecule has 0 unspecified atom stereocenters. The van der Waals surface area contributed by atoms with E-state index in [1.165, 1.54) is 5.56 Å². The normalized spacial score (nSPS) is 15.2. The lowest BCUT2D eigenvalue weighted by Crippen LogP contribution is -2.17. The van der Waals surface area contributed by atoms with E-state index in [1.807, 2.05) is 29.3 Å². The molecule has 1 aliphatic rings. The molecule has 0 bridgehead atoms. The summed E-state index contributed by atoms with van der Waals surface area (Å²) in [6.07, 6.45) is 2.12. The van der Waals surface area contributed by atoms with Gasteiger partial charge in [0.25, 0.3) is 0 Å². The molecule has 1 heterocycles. The minimum absolute atomic E-state index is 0.813. The SMILES string of the molecule is C1=C(c2ccccc2)ON(Cc2ccccc2)C1. The van der Waals surface area contributed by atoms with Gasteiger partial charge < -0.3 is 4.84 Å². The van der Waals surface area contributed by atoms with Crippen LogP contribution in [0.3, 0.4) is 0 Å². The Balaban J connectivity index is 1.65. The lowest BCUT2D eigenvalue weighted by molar-refractivity contribution is -0.0693. The number of benzene rings is 2. The van der Waals surface area contributed by atoms with Crippen LogP contribution < -0.4 is 0 Å². The van der Waals surface area contributed by atoms with Gasteiger partial charge in [0.15, 0.2) is 5.76 Å². The summed E-state index contributed by atoms with van der Waals surface area (Å²) in [5.74, 6) is 0.950. The monoisotopic (exact) mass is 237 g/mol. The second kappa shape index (κ2) is 5.07. The van der Waals surface area contributed by atoms with E-state index in [0.717, 1.165) is 24.4 Å². The van der Waals surface area contributed by atoms with Crippen LogP contribution in [0.25, 0.3) is 5.76 Å². The van der Waals surface area contributed by atoms with Crippen LogP contribution >= 0.6 is 0 Å². The maximum absolute atomic E-state index is 5.85. The summed E-state index contributed by atoms with van der Waals surface area (Å²) in [6, 6.07) is 20.6. The third kappa shape index (κ3) is 2.44. The highest BCUT2D eigenvalue weighted by Gasteiger charge is 2.16. The molecule has 1 aliphatic heterocycles. The van der Waals surface area contributed by atoms with Gasteiger partial charge in [-0.15, -0.1) is 5.06 Å². The molecule has 2 aromatic carbocycles. The Bertz CT molecular complexity index is 534. The zero-order valence-corrected chi connectivity index (χ0v) is 10.1. The van der Waals surface area contributed by atoms with Crippen LogP contribution in [0, 0.1) is 0 Å². The predicted molar refractivity (Wildman–Crippen MR) is 72.4 cm³/mol. The fourth-order valence-electron chi connectivity index (χ4n) is 2.06. The number of nitrogens with zero attached hydrogens (tertiary/aromatic N) is 1. The van der Waals surface area contributed by atoms with Gasteiger partial charge in [-0.1, -0.05) is 60.7 Å². The zero-order valence-electron chi connectivity index (χ0n) is 10.1. The van der Waals surface area contributed by atoms with Crippen molar-refractivity contribution in [3.05, 3.63) is 77.9 Å². The van der Waals surface area contributed by atoms with Gasteiger partial charge in [-0.05, 0) is 11.6 Å². The summed E-state index contributed by atoms with van der Waals surface area (Å²) in [4.78, 5) is 5.85. The fraction of sp³-hybridized carbons (Fsp3) is 0.125. The smallest absolute Gasteiger partial charge is 0.152 e. The van der Waals surface area contributed by atoms with E-state index >= 15 is 0 Å². The molecule has 0 radical (unpaired) electrons. The minimum atomic E-state index is 0.813. The van der Waals surface area contributed by atoms with E-state index in [1.54, 1.807) is 0 Å². The molecule has 0 aliphatic carbocycles. The topological polar surface area (TPSA) is 12.5 Å². The molecule has 0 fully saturated rings. The summed E-state index contributed by atoms with van der Waals surface area (Å²) in [7, 11) is 0. The third-order valence-corrected chi connectivity index (χ3v) is 2.97. The van der Waals surface area contributed by atoms with E-state index in [2.05, 4.69) is 42.5 Å². The van der Waals surface area contributed by atoms with Gasteiger partial charge in [-0.2, -0.15) is 0 Å². The fourth-order valence-corrected chi connectivity index (χ4v) is 2.06. The van der Waals surface area contributed by atoms with Gasteiger partial charge >= 0.3 is 0 Å². The highest BCUT2D eigenvalue weighted by atomic mass is 16.7. The van der Waals surface area contributed by atoms with E-state index < -0.39 is 0 Å². The Labute approximate surface area is 107 Å². The molecule has 0 atom stereocenters. The molecule has 18 heavy (non-hydrogen) atoms. The van der Waals surface area contributed by atoms with Crippen molar-refractivity contribution in [3.63, 3.8) is 0 Å². The first-order valence-electron chi connectivity index (χ1n) is 6.14. The lowest BCUT2D eigenvalue weighted by Gasteiger charge is -2.16. The Kier molecular flexibility index (Phi) is 3.11. The van der Waals surface area contributed by atoms with Crippen molar-refractivity contribution < 1.29 is 4.84 Å². The van der Waals surface area contributed by atoms with Crippen LogP contribution in [-0.4, -0.2) is 11.6 Å². The van der Waals surface area contributed by atoms with Crippen molar-refractivity contribution in [2.75, 3.05) is 6.54 Å². The average Bonchev–Trinajstić information content (AvgIpc) is 2.89. The summed E-state index contributed by atoms with van der Waals surface area (Å²) < 4.78 is 0. The van der Waals surface area contributed by atoms with Crippen molar-refractivity contribution in [1.82, 2.24) is 5.06 Å². The number of hydroxylamine groups is 2. The van der Waals surface area contributed by atoms with Crippen LogP contribution in [0.2, 0.25) is 0 Å². The van der Waals surface area contributed by atoms with Crippen molar-refractivity contribution in [2.24, 2.45) is 0 Å². The minimum Gasteiger partial charge on any atom is -0.405 e. The van der Waals surface area contributed by atoms with Crippen LogP contribution in [0.15, 0.2) is 66.7 Å². The van der Waals surface area contributed by atoms with Crippen molar-refractivity contribution in [2.45, 2.75) is 6.54 Å². The van der Waals surface area contributed by atoms with Gasteiger partial charge in [-0.25, -0.2) is 0 Å². The quantitative estimate of drug-likeness (QED) is 0.810. The number of hydrogen-bond donors (Lipinski definition) is 0. The summed E-state index contributed by atoms with van der Waals surface area (Å²) in [6.45, 7) is 1.65. The molecule has 0 N–H and O–H groups in total. The Morgan fingerprint density at radius 2 is 1.56 bits per heavy atom. The van der Waals surface area contributed by atoms with Crippen LogP contribution in [0.5, 0.6) is 0 Å². The Hall–Kier alpha value is -2.06. The number of rotatable bonds is 3. The molecule has 0 aromatic heterocycles. The molecule has 0 spiro atoms. The standard InChI is InChI=1S/C16H15NO/c1-3-7-14(8-4-1)13-17-12-11-16(18-17)15-9-5-2-6-10-15/h1-11H,12-13H2. The molecular formula is C16H15NO. The first-order valence-corrected chi connectivity index (χ1v) is 6.14. The molecule has 0 saturated heterocycles. The maximum Gasteiger partial charge on any atom is 0.152 e. The van der Waals surface area contributed by atoms with E-state index in [9.17, 15) is 0 Å². The third-order valence-electron chi connectivity index (χ3n) is 2.97. The maximum atomic E-state index is 5.85. The lowest BCUT2D eigenvalue weighted by atomic mass is 10.2. The van der Waals surface area contributed by atoms with Crippen molar-refractivity contribution in [1.29, 1.82) is 0 Å². The van der Waals surface area contributed by atoms with Crippen LogP contribution in [-0.2, 0) is 11.4 Å². The van der Waals surface area contributed by atoms with Crippen molar-refractivity contribution in [3.8, 4) is 0 Å². The van der Waals surface area contributed by atoms with Gasteiger partial charge in [-0.3, -0.25) is 0 Å². The van der Waals surface area contributed by atoms with Crippen LogP contribution in [0.1, 0.15) is 11.1 Å². The van der Waals surface area contributed by atoms with Crippen molar-refractivity contribution >= 4 is 5.76 Å². The van der Waals surface area contributed by atoms with Crippen LogP contribution in [0.4, 0.5) is 0 Å². The molecule has 2 nitrogen and oxygen atoms in total. The Morgan fingerprint density at radius 1 is 0.889 bits per heavy atom. The second-order valence-electron chi connectivity index (χ2n) is 4.33. The van der Waals surface area contributed by atoms with E-state index in [-0.39, 0.29) is 0 Å².